The molecule has 2 rings (SSSR count). The molecule has 0 amide bonds. The van der Waals surface area contributed by atoms with Crippen LogP contribution in [0.5, 0.6) is 0 Å². The van der Waals surface area contributed by atoms with Crippen molar-refractivity contribution in [2.75, 3.05) is 6.61 Å². The van der Waals surface area contributed by atoms with Gasteiger partial charge in [-0.1, -0.05) is 0 Å². The molecule has 0 unspecified atom stereocenters. The molecule has 0 atom stereocenters. The van der Waals surface area contributed by atoms with Crippen molar-refractivity contribution in [1.29, 1.82) is 0 Å². The van der Waals surface area contributed by atoms with Crippen LogP contribution in [0.1, 0.15) is 23.0 Å². The molecule has 7 heteroatoms. The Labute approximate surface area is 112 Å². The van der Waals surface area contributed by atoms with Gasteiger partial charge in [0, 0.05) is 11.9 Å². The third kappa shape index (κ3) is 2.98. The van der Waals surface area contributed by atoms with E-state index in [0.29, 0.717) is 5.69 Å². The van der Waals surface area contributed by atoms with Gasteiger partial charge in [0.25, 0.3) is 0 Å². The minimum Gasteiger partial charge on any atom is -0.461 e. The molecule has 0 aliphatic rings. The molecule has 106 valence electrons. The van der Waals surface area contributed by atoms with Gasteiger partial charge in [-0.2, -0.15) is 13.2 Å². The monoisotopic (exact) mass is 284 g/mol. The number of ether oxygens (including phenoxy) is 1. The standard InChI is InChI=1S/C13H11F3N2O2/c1-2-20-12(19)11-7-18(8-17-11)10-5-3-9(4-6-10)13(14,15)16/h3-8H,2H2,1H3. The number of nitrogens with zero attached hydrogens (tertiary/aromatic N) is 2. The van der Waals surface area contributed by atoms with E-state index >= 15 is 0 Å². The number of benzene rings is 1. The molecule has 0 saturated heterocycles. The van der Waals surface area contributed by atoms with E-state index in [1.54, 1.807) is 6.92 Å². The smallest absolute Gasteiger partial charge is 0.416 e. The van der Waals surface area contributed by atoms with Crippen LogP contribution in [0.4, 0.5) is 13.2 Å². The minimum absolute atomic E-state index is 0.103. The van der Waals surface area contributed by atoms with Crippen LogP contribution in [-0.2, 0) is 10.9 Å². The summed E-state index contributed by atoms with van der Waals surface area (Å²) in [4.78, 5) is 15.3. The maximum absolute atomic E-state index is 12.4. The Morgan fingerprint density at radius 2 is 1.95 bits per heavy atom. The van der Waals surface area contributed by atoms with Crippen molar-refractivity contribution in [3.8, 4) is 5.69 Å². The Hall–Kier alpha value is -2.31. The van der Waals surface area contributed by atoms with Gasteiger partial charge in [0.15, 0.2) is 5.69 Å². The largest absolute Gasteiger partial charge is 0.461 e. The summed E-state index contributed by atoms with van der Waals surface area (Å²) in [6.45, 7) is 1.90. The first kappa shape index (κ1) is 14.1. The number of imidazole rings is 1. The normalized spacial score (nSPS) is 11.4. The average Bonchev–Trinajstić information content (AvgIpc) is 2.88. The molecular formula is C13H11F3N2O2. The lowest BCUT2D eigenvalue weighted by atomic mass is 10.2. The molecule has 4 nitrogen and oxygen atoms in total. The second-order valence-corrected chi connectivity index (χ2v) is 3.93. The Bertz CT molecular complexity index is 603. The predicted molar refractivity (Wildman–Crippen MR) is 64.5 cm³/mol. The molecule has 0 radical (unpaired) electrons. The van der Waals surface area contributed by atoms with Crippen LogP contribution >= 0.6 is 0 Å². The van der Waals surface area contributed by atoms with Crippen molar-refractivity contribution in [2.24, 2.45) is 0 Å². The molecule has 2 aromatic rings. The summed E-state index contributed by atoms with van der Waals surface area (Å²) in [7, 11) is 0. The third-order valence-electron chi connectivity index (χ3n) is 2.56. The zero-order chi connectivity index (χ0) is 14.8. The molecule has 0 bridgehead atoms. The molecule has 0 fully saturated rings. The molecular weight excluding hydrogens is 273 g/mol. The highest BCUT2D eigenvalue weighted by Crippen LogP contribution is 2.29. The van der Waals surface area contributed by atoms with Crippen LogP contribution in [0.25, 0.3) is 5.69 Å². The Kier molecular flexibility index (Phi) is 3.78. The number of alkyl halides is 3. The lowest BCUT2D eigenvalue weighted by Crippen LogP contribution is -2.05. The van der Waals surface area contributed by atoms with Crippen molar-refractivity contribution >= 4 is 5.97 Å². The maximum atomic E-state index is 12.4. The van der Waals surface area contributed by atoms with E-state index in [0.717, 1.165) is 12.1 Å². The number of carbonyl (C=O) groups is 1. The number of aromatic nitrogens is 2. The number of halogens is 3. The first-order valence-electron chi connectivity index (χ1n) is 5.80. The van der Waals surface area contributed by atoms with E-state index < -0.39 is 17.7 Å². The summed E-state index contributed by atoms with van der Waals surface area (Å²) in [5.74, 6) is -0.571. The van der Waals surface area contributed by atoms with Crippen molar-refractivity contribution < 1.29 is 22.7 Å². The van der Waals surface area contributed by atoms with E-state index in [2.05, 4.69) is 4.98 Å². The van der Waals surface area contributed by atoms with Gasteiger partial charge in [-0.25, -0.2) is 9.78 Å². The molecule has 1 heterocycles. The fourth-order valence-corrected chi connectivity index (χ4v) is 1.60. The van der Waals surface area contributed by atoms with E-state index in [-0.39, 0.29) is 12.3 Å². The highest BCUT2D eigenvalue weighted by molar-refractivity contribution is 5.87. The van der Waals surface area contributed by atoms with Gasteiger partial charge >= 0.3 is 12.1 Å². The summed E-state index contributed by atoms with van der Waals surface area (Å²) in [5.41, 5.74) is -0.153. The highest BCUT2D eigenvalue weighted by Gasteiger charge is 2.30. The summed E-state index contributed by atoms with van der Waals surface area (Å²) < 4.78 is 43.5. The number of carbonyl (C=O) groups excluding carboxylic acids is 1. The van der Waals surface area contributed by atoms with Gasteiger partial charge in [0.05, 0.1) is 12.2 Å². The zero-order valence-corrected chi connectivity index (χ0v) is 10.5. The van der Waals surface area contributed by atoms with E-state index in [1.807, 2.05) is 0 Å². The SMILES string of the molecule is CCOC(=O)c1cn(-c2ccc(C(F)(F)F)cc2)cn1. The van der Waals surface area contributed by atoms with Gasteiger partial charge < -0.3 is 9.30 Å². The van der Waals surface area contributed by atoms with Crippen LogP contribution in [0, 0.1) is 0 Å². The molecule has 0 aliphatic heterocycles. The van der Waals surface area contributed by atoms with E-state index in [9.17, 15) is 18.0 Å². The summed E-state index contributed by atoms with van der Waals surface area (Å²) in [6.07, 6.45) is -1.63. The van der Waals surface area contributed by atoms with Crippen molar-refractivity contribution in [3.05, 3.63) is 48.0 Å². The van der Waals surface area contributed by atoms with Crippen LogP contribution in [0.3, 0.4) is 0 Å². The fourth-order valence-electron chi connectivity index (χ4n) is 1.60. The molecule has 1 aromatic carbocycles. The maximum Gasteiger partial charge on any atom is 0.416 e. The van der Waals surface area contributed by atoms with Crippen molar-refractivity contribution in [2.45, 2.75) is 13.1 Å². The minimum atomic E-state index is -4.37. The second kappa shape index (κ2) is 5.36. The van der Waals surface area contributed by atoms with Crippen molar-refractivity contribution in [1.82, 2.24) is 9.55 Å². The zero-order valence-electron chi connectivity index (χ0n) is 10.5. The number of hydrogen-bond acceptors (Lipinski definition) is 3. The summed E-state index contributed by atoms with van der Waals surface area (Å²) in [6, 6.07) is 4.55. The predicted octanol–water partition coefficient (Wildman–Crippen LogP) is 3.07. The van der Waals surface area contributed by atoms with Crippen LogP contribution < -0.4 is 0 Å². The Morgan fingerprint density at radius 1 is 1.30 bits per heavy atom. The summed E-state index contributed by atoms with van der Waals surface area (Å²) >= 11 is 0. The molecule has 20 heavy (non-hydrogen) atoms. The lowest BCUT2D eigenvalue weighted by molar-refractivity contribution is -0.137. The third-order valence-corrected chi connectivity index (χ3v) is 2.56. The second-order valence-electron chi connectivity index (χ2n) is 3.93. The molecule has 0 N–H and O–H groups in total. The number of hydrogen-bond donors (Lipinski definition) is 0. The van der Waals surface area contributed by atoms with Crippen LogP contribution in [0.15, 0.2) is 36.8 Å². The number of rotatable bonds is 3. The van der Waals surface area contributed by atoms with Crippen molar-refractivity contribution in [3.63, 3.8) is 0 Å². The molecule has 0 aliphatic carbocycles. The van der Waals surface area contributed by atoms with Crippen LogP contribution in [-0.4, -0.2) is 22.1 Å². The van der Waals surface area contributed by atoms with Gasteiger partial charge in [-0.15, -0.1) is 0 Å². The first-order valence-corrected chi connectivity index (χ1v) is 5.80. The highest BCUT2D eigenvalue weighted by atomic mass is 19.4. The summed E-state index contributed by atoms with van der Waals surface area (Å²) in [5, 5.41) is 0. The molecule has 0 saturated carbocycles. The Morgan fingerprint density at radius 3 is 2.50 bits per heavy atom. The Balaban J connectivity index is 2.22. The quantitative estimate of drug-likeness (QED) is 0.814. The van der Waals surface area contributed by atoms with Gasteiger partial charge in [-0.05, 0) is 31.2 Å². The van der Waals surface area contributed by atoms with Gasteiger partial charge in [0.1, 0.15) is 6.33 Å². The van der Waals surface area contributed by atoms with E-state index in [1.165, 1.54) is 29.2 Å². The fraction of sp³-hybridized carbons (Fsp3) is 0.231. The van der Waals surface area contributed by atoms with Gasteiger partial charge in [-0.3, -0.25) is 0 Å². The van der Waals surface area contributed by atoms with Gasteiger partial charge in [0.2, 0.25) is 0 Å². The average molecular weight is 284 g/mol. The topological polar surface area (TPSA) is 44.1 Å². The number of esters is 1. The lowest BCUT2D eigenvalue weighted by Gasteiger charge is -2.07. The first-order chi connectivity index (χ1) is 9.41. The molecule has 1 aromatic heterocycles. The molecule has 0 spiro atoms. The van der Waals surface area contributed by atoms with E-state index in [4.69, 9.17) is 4.74 Å². The van der Waals surface area contributed by atoms with Crippen LogP contribution in [0.2, 0.25) is 0 Å².